The molecule has 1 aliphatic carbocycles. The van der Waals surface area contributed by atoms with Gasteiger partial charge in [0.25, 0.3) is 0 Å². The van der Waals surface area contributed by atoms with Gasteiger partial charge in [-0.2, -0.15) is 0 Å². The number of oxime groups is 1. The number of hydrogen-bond donors (Lipinski definition) is 3. The molecule has 1 aliphatic rings. The number of amides is 1. The maximum atomic E-state index is 12.3. The van der Waals surface area contributed by atoms with E-state index in [-0.39, 0.29) is 11.7 Å². The molecule has 0 radical (unpaired) electrons. The van der Waals surface area contributed by atoms with Crippen LogP contribution in [0.15, 0.2) is 23.4 Å². The second kappa shape index (κ2) is 4.91. The molecular weight excluding hydrogens is 242 g/mol. The van der Waals surface area contributed by atoms with E-state index >= 15 is 0 Å². The van der Waals surface area contributed by atoms with E-state index in [1.165, 1.54) is 5.56 Å². The van der Waals surface area contributed by atoms with Gasteiger partial charge in [0, 0.05) is 5.69 Å². The van der Waals surface area contributed by atoms with Gasteiger partial charge in [0.2, 0.25) is 5.91 Å². The number of hydrogen-bond acceptors (Lipinski definition) is 3. The van der Waals surface area contributed by atoms with Crippen molar-refractivity contribution in [3.63, 3.8) is 0 Å². The molecule has 0 bridgehead atoms. The van der Waals surface area contributed by atoms with Crippen molar-refractivity contribution >= 4 is 17.4 Å². The predicted octanol–water partition coefficient (Wildman–Crippen LogP) is 2.16. The Hall–Kier alpha value is -2.04. The summed E-state index contributed by atoms with van der Waals surface area (Å²) in [4.78, 5) is 12.3. The second-order valence-corrected chi connectivity index (χ2v) is 5.17. The van der Waals surface area contributed by atoms with E-state index in [2.05, 4.69) is 10.5 Å². The van der Waals surface area contributed by atoms with Gasteiger partial charge in [0.1, 0.15) is 5.41 Å². The highest BCUT2D eigenvalue weighted by Crippen LogP contribution is 2.42. The second-order valence-electron chi connectivity index (χ2n) is 5.17. The molecule has 1 fully saturated rings. The molecule has 0 aromatic heterocycles. The molecule has 5 nitrogen and oxygen atoms in total. The van der Waals surface area contributed by atoms with Crippen molar-refractivity contribution in [2.24, 2.45) is 16.3 Å². The molecule has 102 valence electrons. The summed E-state index contributed by atoms with van der Waals surface area (Å²) >= 11 is 0. The first-order chi connectivity index (χ1) is 8.99. The zero-order chi connectivity index (χ0) is 14.0. The predicted molar refractivity (Wildman–Crippen MR) is 74.2 cm³/mol. The summed E-state index contributed by atoms with van der Waals surface area (Å²) in [5.74, 6) is -0.197. The standard InChI is InChI=1S/C14H19N3O2/c1-9-4-5-11(8-10(9)2)16-13(18)14(6-3-7-14)12(15)17-19/h4-5,8,19H,3,6-7H2,1-2H3,(H2,15,17)(H,16,18). The summed E-state index contributed by atoms with van der Waals surface area (Å²) in [6.45, 7) is 4.01. The first-order valence-corrected chi connectivity index (χ1v) is 6.36. The molecule has 5 heteroatoms. The van der Waals surface area contributed by atoms with Gasteiger partial charge in [-0.1, -0.05) is 17.6 Å². The van der Waals surface area contributed by atoms with Crippen LogP contribution in [-0.2, 0) is 4.79 Å². The number of nitrogens with zero attached hydrogens (tertiary/aromatic N) is 1. The lowest BCUT2D eigenvalue weighted by molar-refractivity contribution is -0.125. The molecule has 1 saturated carbocycles. The first-order valence-electron chi connectivity index (χ1n) is 6.36. The SMILES string of the molecule is Cc1ccc(NC(=O)C2(/C(N)=N/O)CCC2)cc1C. The summed E-state index contributed by atoms with van der Waals surface area (Å²) in [5, 5.41) is 14.7. The van der Waals surface area contributed by atoms with Crippen molar-refractivity contribution in [3.05, 3.63) is 29.3 Å². The minimum absolute atomic E-state index is 0.0000774. The Kier molecular flexibility index (Phi) is 3.46. The number of anilines is 1. The smallest absolute Gasteiger partial charge is 0.238 e. The van der Waals surface area contributed by atoms with Gasteiger partial charge >= 0.3 is 0 Å². The number of nitrogens with one attached hydrogen (secondary N) is 1. The molecule has 1 aromatic carbocycles. The van der Waals surface area contributed by atoms with Crippen molar-refractivity contribution in [3.8, 4) is 0 Å². The van der Waals surface area contributed by atoms with Crippen LogP contribution in [0.1, 0.15) is 30.4 Å². The lowest BCUT2D eigenvalue weighted by atomic mass is 9.67. The van der Waals surface area contributed by atoms with Crippen LogP contribution in [0.5, 0.6) is 0 Å². The molecule has 1 amide bonds. The number of amidine groups is 1. The van der Waals surface area contributed by atoms with E-state index in [0.29, 0.717) is 12.8 Å². The minimum Gasteiger partial charge on any atom is -0.409 e. The van der Waals surface area contributed by atoms with Crippen LogP contribution in [0, 0.1) is 19.3 Å². The highest BCUT2D eigenvalue weighted by molar-refractivity contribution is 6.12. The van der Waals surface area contributed by atoms with Crippen LogP contribution < -0.4 is 11.1 Å². The molecule has 4 N–H and O–H groups in total. The Bertz CT molecular complexity index is 533. The van der Waals surface area contributed by atoms with Crippen LogP contribution in [0.4, 0.5) is 5.69 Å². The van der Waals surface area contributed by atoms with Gasteiger partial charge < -0.3 is 16.3 Å². The molecule has 0 saturated heterocycles. The normalized spacial score (nSPS) is 17.7. The van der Waals surface area contributed by atoms with Crippen molar-refractivity contribution in [2.75, 3.05) is 5.32 Å². The van der Waals surface area contributed by atoms with Crippen molar-refractivity contribution < 1.29 is 10.0 Å². The quantitative estimate of drug-likeness (QED) is 0.337. The fourth-order valence-corrected chi connectivity index (χ4v) is 2.30. The Morgan fingerprint density at radius 3 is 2.53 bits per heavy atom. The lowest BCUT2D eigenvalue weighted by Crippen LogP contribution is -2.51. The van der Waals surface area contributed by atoms with Gasteiger partial charge in [-0.25, -0.2) is 0 Å². The van der Waals surface area contributed by atoms with E-state index in [9.17, 15) is 4.79 Å². The van der Waals surface area contributed by atoms with Crippen LogP contribution in [0.3, 0.4) is 0 Å². The van der Waals surface area contributed by atoms with E-state index < -0.39 is 5.41 Å². The average molecular weight is 261 g/mol. The minimum atomic E-state index is -0.840. The van der Waals surface area contributed by atoms with E-state index in [1.807, 2.05) is 32.0 Å². The summed E-state index contributed by atoms with van der Waals surface area (Å²) in [5.41, 5.74) is 7.85. The Labute approximate surface area is 112 Å². The monoisotopic (exact) mass is 261 g/mol. The fourth-order valence-electron chi connectivity index (χ4n) is 2.30. The zero-order valence-electron chi connectivity index (χ0n) is 11.2. The number of nitrogens with two attached hydrogens (primary N) is 1. The maximum absolute atomic E-state index is 12.3. The van der Waals surface area contributed by atoms with Crippen molar-refractivity contribution in [1.82, 2.24) is 0 Å². The highest BCUT2D eigenvalue weighted by atomic mass is 16.4. The zero-order valence-corrected chi connectivity index (χ0v) is 11.2. The molecule has 0 unspecified atom stereocenters. The number of rotatable bonds is 3. The Morgan fingerprint density at radius 1 is 1.37 bits per heavy atom. The molecule has 2 rings (SSSR count). The van der Waals surface area contributed by atoms with Gasteiger partial charge in [0.15, 0.2) is 5.84 Å². The summed E-state index contributed by atoms with van der Waals surface area (Å²) in [6.07, 6.45) is 2.16. The van der Waals surface area contributed by atoms with Crippen molar-refractivity contribution in [2.45, 2.75) is 33.1 Å². The van der Waals surface area contributed by atoms with Gasteiger partial charge in [-0.3, -0.25) is 4.79 Å². The highest BCUT2D eigenvalue weighted by Gasteiger charge is 2.48. The average Bonchev–Trinajstić information content (AvgIpc) is 2.32. The van der Waals surface area contributed by atoms with Crippen molar-refractivity contribution in [1.29, 1.82) is 0 Å². The summed E-state index contributed by atoms with van der Waals surface area (Å²) in [6, 6.07) is 5.74. The fraction of sp³-hybridized carbons (Fsp3) is 0.429. The molecule has 1 aromatic rings. The lowest BCUT2D eigenvalue weighted by Gasteiger charge is -2.38. The largest absolute Gasteiger partial charge is 0.409 e. The number of benzene rings is 1. The maximum Gasteiger partial charge on any atom is 0.238 e. The van der Waals surface area contributed by atoms with Gasteiger partial charge in [-0.15, -0.1) is 0 Å². The molecule has 0 aliphatic heterocycles. The van der Waals surface area contributed by atoms with Gasteiger partial charge in [-0.05, 0) is 49.9 Å². The van der Waals surface area contributed by atoms with E-state index in [4.69, 9.17) is 10.9 Å². The Balaban J connectivity index is 2.18. The Morgan fingerprint density at radius 2 is 2.05 bits per heavy atom. The van der Waals surface area contributed by atoms with E-state index in [1.54, 1.807) is 0 Å². The molecule has 0 spiro atoms. The first kappa shape index (κ1) is 13.4. The number of carbonyl (C=O) groups excluding carboxylic acids is 1. The molecule has 0 atom stereocenters. The topological polar surface area (TPSA) is 87.7 Å². The summed E-state index contributed by atoms with van der Waals surface area (Å²) < 4.78 is 0. The van der Waals surface area contributed by atoms with E-state index in [0.717, 1.165) is 17.7 Å². The molecule has 0 heterocycles. The third-order valence-electron chi connectivity index (χ3n) is 4.00. The molecule has 19 heavy (non-hydrogen) atoms. The third-order valence-corrected chi connectivity index (χ3v) is 4.00. The summed E-state index contributed by atoms with van der Waals surface area (Å²) in [7, 11) is 0. The van der Waals surface area contributed by atoms with Crippen LogP contribution >= 0.6 is 0 Å². The van der Waals surface area contributed by atoms with Gasteiger partial charge in [0.05, 0.1) is 0 Å². The molecular formula is C14H19N3O2. The van der Waals surface area contributed by atoms with Crippen LogP contribution in [-0.4, -0.2) is 17.0 Å². The number of carbonyl (C=O) groups is 1. The van der Waals surface area contributed by atoms with Crippen LogP contribution in [0.25, 0.3) is 0 Å². The third kappa shape index (κ3) is 2.28. The number of aryl methyl sites for hydroxylation is 2. The van der Waals surface area contributed by atoms with Crippen LogP contribution in [0.2, 0.25) is 0 Å².